The average molecular weight is 542 g/mol. The zero-order valence-corrected chi connectivity index (χ0v) is 25.2. The van der Waals surface area contributed by atoms with E-state index in [9.17, 15) is 4.89 Å². The van der Waals surface area contributed by atoms with E-state index in [1.165, 1.54) is 95.5 Å². The number of rotatable bonds is 26. The highest BCUT2D eigenvalue weighted by Gasteiger charge is 2.14. The Morgan fingerprint density at radius 1 is 0.757 bits per heavy atom. The predicted octanol–water partition coefficient (Wildman–Crippen LogP) is 7.92. The fraction of sp³-hybridized carbons (Fsp3) is 0.800. The molecular weight excluding hydrogens is 485 g/mol. The van der Waals surface area contributed by atoms with Crippen molar-refractivity contribution in [1.82, 2.24) is 4.90 Å². The Morgan fingerprint density at radius 2 is 1.30 bits per heavy atom. The molecule has 2 unspecified atom stereocenters. The summed E-state index contributed by atoms with van der Waals surface area (Å²) in [7, 11) is 3.62. The van der Waals surface area contributed by atoms with Crippen LogP contribution in [0.25, 0.3) is 0 Å². The molecule has 0 aliphatic rings. The Kier molecular flexibility index (Phi) is 22.5. The maximum atomic E-state index is 9.83. The van der Waals surface area contributed by atoms with Crippen molar-refractivity contribution in [3.05, 3.63) is 29.8 Å². The van der Waals surface area contributed by atoms with Crippen molar-refractivity contribution < 1.29 is 23.4 Å². The van der Waals surface area contributed by atoms with E-state index >= 15 is 0 Å². The van der Waals surface area contributed by atoms with E-state index in [1.54, 1.807) is 7.11 Å². The van der Waals surface area contributed by atoms with Gasteiger partial charge in [-0.1, -0.05) is 103 Å². The zero-order valence-electron chi connectivity index (χ0n) is 24.3. The van der Waals surface area contributed by atoms with Gasteiger partial charge >= 0.3 is 8.60 Å². The molecule has 7 heteroatoms. The molecule has 1 rings (SSSR count). The van der Waals surface area contributed by atoms with E-state index in [4.69, 9.17) is 18.5 Å². The van der Waals surface area contributed by atoms with Gasteiger partial charge in [-0.15, -0.1) is 0 Å². The Labute approximate surface area is 229 Å². The van der Waals surface area contributed by atoms with Crippen LogP contribution < -0.4 is 4.74 Å². The van der Waals surface area contributed by atoms with Gasteiger partial charge in [0.25, 0.3) is 0 Å². The molecule has 0 aromatic heterocycles. The lowest BCUT2D eigenvalue weighted by Gasteiger charge is -2.18. The highest BCUT2D eigenvalue weighted by Crippen LogP contribution is 2.32. The van der Waals surface area contributed by atoms with Crippen LogP contribution in [0, 0.1) is 0 Å². The molecule has 1 aromatic rings. The standard InChI is InChI=1S/C30H56NO5P/c1-5-6-7-8-9-10-11-12-13-14-15-16-17-18-19-28-20-22-29(23-21-28)34-26-30(33-4)27-36-37(32)35-25-24-31(2)3/h20-23,30,32H,5-19,24-27H2,1-4H3. The number of methoxy groups -OCH3 is 1. The number of hydrogen-bond acceptors (Lipinski definition) is 6. The summed E-state index contributed by atoms with van der Waals surface area (Å²) in [6.45, 7) is 4.02. The van der Waals surface area contributed by atoms with Gasteiger partial charge in [-0.3, -0.25) is 0 Å². The molecule has 0 amide bonds. The van der Waals surface area contributed by atoms with Crippen LogP contribution in [-0.4, -0.2) is 63.5 Å². The summed E-state index contributed by atoms with van der Waals surface area (Å²) >= 11 is 0. The van der Waals surface area contributed by atoms with Crippen LogP contribution in [0.1, 0.15) is 102 Å². The van der Waals surface area contributed by atoms with E-state index in [2.05, 4.69) is 19.1 Å². The van der Waals surface area contributed by atoms with Gasteiger partial charge < -0.3 is 28.3 Å². The third-order valence-electron chi connectivity index (χ3n) is 6.62. The summed E-state index contributed by atoms with van der Waals surface area (Å²) in [5.41, 5.74) is 1.36. The van der Waals surface area contributed by atoms with Crippen molar-refractivity contribution >= 4 is 8.60 Å². The highest BCUT2D eigenvalue weighted by atomic mass is 31.2. The second-order valence-electron chi connectivity index (χ2n) is 10.3. The smallest absolute Gasteiger partial charge is 0.329 e. The minimum atomic E-state index is -1.90. The lowest BCUT2D eigenvalue weighted by molar-refractivity contribution is 0.0180. The molecule has 0 aliphatic heterocycles. The van der Waals surface area contributed by atoms with Crippen LogP contribution in [0.5, 0.6) is 5.75 Å². The Morgan fingerprint density at radius 3 is 1.81 bits per heavy atom. The number of unbranched alkanes of at least 4 members (excludes halogenated alkanes) is 13. The number of hydrogen-bond donors (Lipinski definition) is 1. The quantitative estimate of drug-likeness (QED) is 0.0950. The van der Waals surface area contributed by atoms with Crippen LogP contribution in [-0.2, 0) is 20.2 Å². The maximum Gasteiger partial charge on any atom is 0.329 e. The molecule has 1 aromatic carbocycles. The normalized spacial score (nSPS) is 13.2. The van der Waals surface area contributed by atoms with Gasteiger partial charge in [0.05, 0.1) is 13.2 Å². The van der Waals surface area contributed by atoms with Crippen molar-refractivity contribution in [3.8, 4) is 5.75 Å². The molecular formula is C30H56NO5P. The Balaban J connectivity index is 2.03. The van der Waals surface area contributed by atoms with Crippen molar-refractivity contribution in [3.63, 3.8) is 0 Å². The molecule has 0 saturated carbocycles. The fourth-order valence-electron chi connectivity index (χ4n) is 4.14. The van der Waals surface area contributed by atoms with Gasteiger partial charge in [-0.05, 0) is 44.6 Å². The third-order valence-corrected chi connectivity index (χ3v) is 7.40. The molecule has 216 valence electrons. The highest BCUT2D eigenvalue weighted by molar-refractivity contribution is 7.40. The van der Waals surface area contributed by atoms with Gasteiger partial charge in [-0.2, -0.15) is 0 Å². The summed E-state index contributed by atoms with van der Waals surface area (Å²) in [6, 6.07) is 8.36. The van der Waals surface area contributed by atoms with E-state index in [0.29, 0.717) is 13.2 Å². The Hall–Kier alpha value is -0.750. The summed E-state index contributed by atoms with van der Waals surface area (Å²) < 4.78 is 21.9. The van der Waals surface area contributed by atoms with E-state index in [0.717, 1.165) is 18.7 Å². The molecule has 2 atom stereocenters. The summed E-state index contributed by atoms with van der Waals surface area (Å²) in [5, 5.41) is 0. The molecule has 1 N–H and O–H groups in total. The third kappa shape index (κ3) is 20.8. The molecule has 0 radical (unpaired) electrons. The molecule has 0 heterocycles. The van der Waals surface area contributed by atoms with Gasteiger partial charge in [0.15, 0.2) is 0 Å². The van der Waals surface area contributed by atoms with Crippen LogP contribution in [0.3, 0.4) is 0 Å². The fourth-order valence-corrected chi connectivity index (χ4v) is 4.74. The van der Waals surface area contributed by atoms with Gasteiger partial charge in [0.2, 0.25) is 0 Å². The number of ether oxygens (including phenoxy) is 2. The van der Waals surface area contributed by atoms with Crippen molar-refractivity contribution in [2.24, 2.45) is 0 Å². The van der Waals surface area contributed by atoms with E-state index in [-0.39, 0.29) is 12.7 Å². The minimum absolute atomic E-state index is 0.220. The maximum absolute atomic E-state index is 9.83. The van der Waals surface area contributed by atoms with Gasteiger partial charge in [-0.25, -0.2) is 0 Å². The van der Waals surface area contributed by atoms with Crippen molar-refractivity contribution in [2.45, 2.75) is 109 Å². The first-order valence-electron chi connectivity index (χ1n) is 14.7. The van der Waals surface area contributed by atoms with E-state index < -0.39 is 8.60 Å². The van der Waals surface area contributed by atoms with Crippen LogP contribution in [0.2, 0.25) is 0 Å². The van der Waals surface area contributed by atoms with E-state index in [1.807, 2.05) is 31.1 Å². The monoisotopic (exact) mass is 541 g/mol. The second kappa shape index (κ2) is 24.3. The second-order valence-corrected chi connectivity index (χ2v) is 11.3. The largest absolute Gasteiger partial charge is 0.491 e. The summed E-state index contributed by atoms with van der Waals surface area (Å²) in [4.78, 5) is 11.8. The predicted molar refractivity (Wildman–Crippen MR) is 156 cm³/mol. The zero-order chi connectivity index (χ0) is 27.0. The van der Waals surface area contributed by atoms with Gasteiger partial charge in [0.1, 0.15) is 18.5 Å². The summed E-state index contributed by atoms with van der Waals surface area (Å²) in [6.07, 6.45) is 20.3. The van der Waals surface area contributed by atoms with Crippen molar-refractivity contribution in [2.75, 3.05) is 47.6 Å². The summed E-state index contributed by atoms with van der Waals surface area (Å²) in [5.74, 6) is 0.820. The molecule has 0 saturated heterocycles. The van der Waals surface area contributed by atoms with Gasteiger partial charge in [0, 0.05) is 13.7 Å². The lowest BCUT2D eigenvalue weighted by atomic mass is 10.0. The topological polar surface area (TPSA) is 60.4 Å². The molecule has 0 bridgehead atoms. The number of nitrogens with zero attached hydrogens (tertiary/aromatic N) is 1. The van der Waals surface area contributed by atoms with Crippen LogP contribution in [0.4, 0.5) is 0 Å². The average Bonchev–Trinajstić information content (AvgIpc) is 2.89. The molecule has 37 heavy (non-hydrogen) atoms. The molecule has 0 aliphatic carbocycles. The van der Waals surface area contributed by atoms with Crippen molar-refractivity contribution in [1.29, 1.82) is 0 Å². The van der Waals surface area contributed by atoms with Crippen LogP contribution >= 0.6 is 8.60 Å². The lowest BCUT2D eigenvalue weighted by Crippen LogP contribution is -2.25. The molecule has 6 nitrogen and oxygen atoms in total. The first-order chi connectivity index (χ1) is 18.0. The number of benzene rings is 1. The number of likely N-dealkylation sites (N-methyl/N-ethyl adjacent to an activating group) is 1. The first kappa shape index (κ1) is 34.3. The first-order valence-corrected chi connectivity index (χ1v) is 15.8. The minimum Gasteiger partial charge on any atom is -0.491 e. The molecule has 0 spiro atoms. The molecule has 0 fully saturated rings. The van der Waals surface area contributed by atoms with Crippen LogP contribution in [0.15, 0.2) is 24.3 Å². The Bertz CT molecular complexity index is 616. The number of aryl methyl sites for hydroxylation is 1. The SMILES string of the molecule is CCCCCCCCCCCCCCCCc1ccc(OCC(COP(O)OCCN(C)C)OC)cc1.